The molecule has 0 radical (unpaired) electrons. The van der Waals surface area contributed by atoms with Gasteiger partial charge < -0.3 is 0 Å². The Labute approximate surface area is 110 Å². The summed E-state index contributed by atoms with van der Waals surface area (Å²) in [6.07, 6.45) is 0. The third kappa shape index (κ3) is 2.55. The number of halogens is 1. The molecule has 4 heteroatoms. The molecular weight excluding hydrogens is 286 g/mol. The maximum atomic E-state index is 12.4. The molecule has 0 saturated carbocycles. The summed E-state index contributed by atoms with van der Waals surface area (Å²) in [7, 11) is 0. The number of ketones is 1. The van der Waals surface area contributed by atoms with Crippen molar-refractivity contribution in [2.24, 2.45) is 0 Å². The molecule has 0 N–H and O–H groups in total. The van der Waals surface area contributed by atoms with Gasteiger partial charge in [-0.05, 0) is 42.9 Å². The van der Waals surface area contributed by atoms with Gasteiger partial charge in [0.2, 0.25) is 0 Å². The highest BCUT2D eigenvalue weighted by atomic mass is 79.9. The quantitative estimate of drug-likeness (QED) is 0.771. The van der Waals surface area contributed by atoms with Gasteiger partial charge in [-0.1, -0.05) is 13.8 Å². The van der Waals surface area contributed by atoms with E-state index in [9.17, 15) is 4.79 Å². The molecular formula is C12H18BrNOS. The van der Waals surface area contributed by atoms with E-state index in [1.165, 1.54) is 0 Å². The van der Waals surface area contributed by atoms with Crippen LogP contribution in [-0.4, -0.2) is 29.3 Å². The smallest absolute Gasteiger partial charge is 0.184 e. The minimum Gasteiger partial charge on any atom is -0.292 e. The van der Waals surface area contributed by atoms with Crippen LogP contribution in [0.5, 0.6) is 0 Å². The van der Waals surface area contributed by atoms with E-state index in [0.29, 0.717) is 0 Å². The summed E-state index contributed by atoms with van der Waals surface area (Å²) >= 11 is 4.97. The largest absolute Gasteiger partial charge is 0.292 e. The summed E-state index contributed by atoms with van der Waals surface area (Å²) in [5.41, 5.74) is 0.356. The Kier molecular flexibility index (Phi) is 4.71. The van der Waals surface area contributed by atoms with Gasteiger partial charge in [-0.25, -0.2) is 0 Å². The lowest BCUT2D eigenvalue weighted by atomic mass is 9.92. The number of likely N-dealkylation sites (N-methyl/N-ethyl adjacent to an activating group) is 1. The molecule has 0 unspecified atom stereocenters. The third-order valence-corrected chi connectivity index (χ3v) is 4.67. The van der Waals surface area contributed by atoms with Gasteiger partial charge in [-0.3, -0.25) is 9.69 Å². The molecule has 1 rings (SSSR count). The average Bonchev–Trinajstić information content (AvgIpc) is 2.64. The highest BCUT2D eigenvalue weighted by Gasteiger charge is 2.34. The van der Waals surface area contributed by atoms with Gasteiger partial charge in [0.05, 0.1) is 5.54 Å². The number of hydrogen-bond donors (Lipinski definition) is 0. The first-order valence-corrected chi connectivity index (χ1v) is 7.20. The molecule has 0 aliphatic rings. The van der Waals surface area contributed by atoms with E-state index in [0.717, 1.165) is 23.1 Å². The summed E-state index contributed by atoms with van der Waals surface area (Å²) < 4.78 is 0.905. The molecule has 0 spiro atoms. The Morgan fingerprint density at radius 2 is 1.94 bits per heavy atom. The predicted octanol–water partition coefficient (Wildman–Crippen LogP) is 3.81. The minimum atomic E-state index is -0.437. The summed E-state index contributed by atoms with van der Waals surface area (Å²) in [5, 5.41) is 3.86. The lowest BCUT2D eigenvalue weighted by Crippen LogP contribution is -2.49. The fourth-order valence-corrected chi connectivity index (χ4v) is 3.39. The molecule has 0 fully saturated rings. The Morgan fingerprint density at radius 1 is 1.38 bits per heavy atom. The van der Waals surface area contributed by atoms with Crippen LogP contribution in [0.4, 0.5) is 0 Å². The molecule has 1 aromatic heterocycles. The SMILES string of the molecule is CCN(CC)C(C)(C)C(=O)c1cscc1Br. The summed E-state index contributed by atoms with van der Waals surface area (Å²) in [4.78, 5) is 14.6. The molecule has 0 atom stereocenters. The molecule has 1 heterocycles. The summed E-state index contributed by atoms with van der Waals surface area (Å²) in [6.45, 7) is 9.93. The number of hydrogen-bond acceptors (Lipinski definition) is 3. The van der Waals surface area contributed by atoms with Crippen molar-refractivity contribution in [3.05, 3.63) is 20.8 Å². The van der Waals surface area contributed by atoms with E-state index < -0.39 is 5.54 Å². The maximum Gasteiger partial charge on any atom is 0.184 e. The highest BCUT2D eigenvalue weighted by Crippen LogP contribution is 2.28. The van der Waals surface area contributed by atoms with Crippen LogP contribution in [0.2, 0.25) is 0 Å². The van der Waals surface area contributed by atoms with Crippen molar-refractivity contribution in [1.29, 1.82) is 0 Å². The van der Waals surface area contributed by atoms with Crippen LogP contribution in [0, 0.1) is 0 Å². The number of Topliss-reactive ketones (excluding diaryl/α,β-unsaturated/α-hetero) is 1. The van der Waals surface area contributed by atoms with E-state index in [2.05, 4.69) is 34.7 Å². The van der Waals surface area contributed by atoms with Crippen molar-refractivity contribution in [2.45, 2.75) is 33.2 Å². The van der Waals surface area contributed by atoms with Crippen LogP contribution in [0.15, 0.2) is 15.2 Å². The lowest BCUT2D eigenvalue weighted by molar-refractivity contribution is 0.0668. The van der Waals surface area contributed by atoms with Crippen LogP contribution in [0.1, 0.15) is 38.1 Å². The normalized spacial score (nSPS) is 12.1. The Hall–Kier alpha value is -0.190. The monoisotopic (exact) mass is 303 g/mol. The van der Waals surface area contributed by atoms with Crippen molar-refractivity contribution in [3.8, 4) is 0 Å². The minimum absolute atomic E-state index is 0.185. The third-order valence-electron chi connectivity index (χ3n) is 2.97. The topological polar surface area (TPSA) is 20.3 Å². The second-order valence-electron chi connectivity index (χ2n) is 4.19. The highest BCUT2D eigenvalue weighted by molar-refractivity contribution is 9.10. The van der Waals surface area contributed by atoms with Crippen molar-refractivity contribution in [3.63, 3.8) is 0 Å². The van der Waals surface area contributed by atoms with Crippen molar-refractivity contribution < 1.29 is 4.79 Å². The predicted molar refractivity (Wildman–Crippen MR) is 73.3 cm³/mol. The number of carbonyl (C=O) groups excluding carboxylic acids is 1. The van der Waals surface area contributed by atoms with Crippen LogP contribution in [-0.2, 0) is 0 Å². The van der Waals surface area contributed by atoms with Crippen LogP contribution >= 0.6 is 27.3 Å². The van der Waals surface area contributed by atoms with Gasteiger partial charge in [0.1, 0.15) is 0 Å². The van der Waals surface area contributed by atoms with Crippen LogP contribution in [0.25, 0.3) is 0 Å². The fourth-order valence-electron chi connectivity index (χ4n) is 1.93. The number of thiophene rings is 1. The number of nitrogens with zero attached hydrogens (tertiary/aromatic N) is 1. The maximum absolute atomic E-state index is 12.4. The molecule has 0 saturated heterocycles. The first-order valence-electron chi connectivity index (χ1n) is 5.46. The van der Waals surface area contributed by atoms with E-state index in [1.807, 2.05) is 24.6 Å². The van der Waals surface area contributed by atoms with E-state index in [1.54, 1.807) is 11.3 Å². The second kappa shape index (κ2) is 5.43. The number of carbonyl (C=O) groups is 1. The van der Waals surface area contributed by atoms with Gasteiger partial charge in [0.15, 0.2) is 5.78 Å². The van der Waals surface area contributed by atoms with E-state index >= 15 is 0 Å². The molecule has 0 amide bonds. The first kappa shape index (κ1) is 13.9. The zero-order valence-electron chi connectivity index (χ0n) is 10.2. The molecule has 90 valence electrons. The first-order chi connectivity index (χ1) is 7.45. The van der Waals surface area contributed by atoms with Crippen LogP contribution in [0.3, 0.4) is 0 Å². The molecule has 1 aromatic rings. The van der Waals surface area contributed by atoms with E-state index in [4.69, 9.17) is 0 Å². The lowest BCUT2D eigenvalue weighted by Gasteiger charge is -2.35. The molecule has 2 nitrogen and oxygen atoms in total. The van der Waals surface area contributed by atoms with Gasteiger partial charge in [0.25, 0.3) is 0 Å². The van der Waals surface area contributed by atoms with Crippen molar-refractivity contribution in [1.82, 2.24) is 4.90 Å². The Balaban J connectivity index is 3.00. The molecule has 0 aliphatic heterocycles. The molecule has 16 heavy (non-hydrogen) atoms. The second-order valence-corrected chi connectivity index (χ2v) is 5.79. The Morgan fingerprint density at radius 3 is 2.31 bits per heavy atom. The molecule has 0 bridgehead atoms. The van der Waals surface area contributed by atoms with Crippen molar-refractivity contribution >= 4 is 33.0 Å². The van der Waals surface area contributed by atoms with E-state index in [-0.39, 0.29) is 5.78 Å². The summed E-state index contributed by atoms with van der Waals surface area (Å²) in [5.74, 6) is 0.185. The van der Waals surface area contributed by atoms with Gasteiger partial charge >= 0.3 is 0 Å². The standard InChI is InChI=1S/C12H18BrNOS/c1-5-14(6-2)12(3,4)11(15)9-7-16-8-10(9)13/h7-8H,5-6H2,1-4H3. The van der Waals surface area contributed by atoms with Gasteiger partial charge in [-0.15, -0.1) is 0 Å². The molecule has 0 aliphatic carbocycles. The van der Waals surface area contributed by atoms with Crippen molar-refractivity contribution in [2.75, 3.05) is 13.1 Å². The van der Waals surface area contributed by atoms with Gasteiger partial charge in [0, 0.05) is 20.8 Å². The number of rotatable bonds is 5. The van der Waals surface area contributed by atoms with Gasteiger partial charge in [-0.2, -0.15) is 11.3 Å². The summed E-state index contributed by atoms with van der Waals surface area (Å²) in [6, 6.07) is 0. The zero-order valence-corrected chi connectivity index (χ0v) is 12.6. The fraction of sp³-hybridized carbons (Fsp3) is 0.583. The van der Waals surface area contributed by atoms with Crippen LogP contribution < -0.4 is 0 Å². The Bertz CT molecular complexity index is 369. The average molecular weight is 304 g/mol. The molecule has 0 aromatic carbocycles. The zero-order chi connectivity index (χ0) is 12.3.